The lowest BCUT2D eigenvalue weighted by Gasteiger charge is -2.27. The highest BCUT2D eigenvalue weighted by molar-refractivity contribution is 5.85. The van der Waals surface area contributed by atoms with Gasteiger partial charge in [0, 0.05) is 44.1 Å². The monoisotopic (exact) mass is 266 g/mol. The van der Waals surface area contributed by atoms with E-state index in [0.29, 0.717) is 0 Å². The summed E-state index contributed by atoms with van der Waals surface area (Å²) in [7, 11) is 0. The van der Waals surface area contributed by atoms with Crippen LogP contribution in [0.3, 0.4) is 0 Å². The molecule has 0 amide bonds. The second-order valence-corrected chi connectivity index (χ2v) is 4.63. The predicted molar refractivity (Wildman–Crippen MR) is 76.2 cm³/mol. The summed E-state index contributed by atoms with van der Waals surface area (Å²) in [4.78, 5) is 11.2. The summed E-state index contributed by atoms with van der Waals surface area (Å²) < 4.78 is 0. The van der Waals surface area contributed by atoms with Gasteiger partial charge in [0.05, 0.1) is 0 Å². The number of nitrogens with zero attached hydrogens (tertiary/aromatic N) is 3. The second kappa shape index (κ2) is 6.16. The minimum absolute atomic E-state index is 0. The Morgan fingerprint density at radius 1 is 1.11 bits per heavy atom. The summed E-state index contributed by atoms with van der Waals surface area (Å²) in [6, 6.07) is 0. The average Bonchev–Trinajstić information content (AvgIpc) is 2.94. The minimum atomic E-state index is 0. The molecule has 0 spiro atoms. The summed E-state index contributed by atoms with van der Waals surface area (Å²) in [6.07, 6.45) is 9.91. The number of piperazine rings is 1. The van der Waals surface area contributed by atoms with E-state index in [2.05, 4.69) is 26.3 Å². The Morgan fingerprint density at radius 2 is 1.83 bits per heavy atom. The van der Waals surface area contributed by atoms with Crippen LogP contribution in [0.4, 0.5) is 5.95 Å². The maximum atomic E-state index is 4.49. The molecule has 1 N–H and O–H groups in total. The van der Waals surface area contributed by atoms with Crippen LogP contribution in [0.5, 0.6) is 0 Å². The summed E-state index contributed by atoms with van der Waals surface area (Å²) in [5, 5.41) is 3.33. The molecular weight excluding hydrogens is 248 g/mol. The maximum absolute atomic E-state index is 4.49. The third-order valence-corrected chi connectivity index (χ3v) is 3.45. The van der Waals surface area contributed by atoms with Crippen molar-refractivity contribution in [1.29, 1.82) is 0 Å². The third-order valence-electron chi connectivity index (χ3n) is 3.45. The molecule has 1 aliphatic heterocycles. The van der Waals surface area contributed by atoms with Gasteiger partial charge in [-0.2, -0.15) is 0 Å². The molecule has 1 aliphatic carbocycles. The fourth-order valence-corrected chi connectivity index (χ4v) is 2.45. The predicted octanol–water partition coefficient (Wildman–Crippen LogP) is 1.88. The van der Waals surface area contributed by atoms with Crippen LogP contribution in [0.15, 0.2) is 18.5 Å². The molecule has 3 rings (SSSR count). The molecule has 0 radical (unpaired) electrons. The molecule has 1 aromatic rings. The zero-order valence-electron chi connectivity index (χ0n) is 10.4. The topological polar surface area (TPSA) is 41.1 Å². The lowest BCUT2D eigenvalue weighted by molar-refractivity contribution is 0.579. The largest absolute Gasteiger partial charge is 0.338 e. The molecule has 2 heterocycles. The van der Waals surface area contributed by atoms with Crippen LogP contribution in [0.2, 0.25) is 0 Å². The van der Waals surface area contributed by atoms with E-state index in [-0.39, 0.29) is 12.4 Å². The Kier molecular flexibility index (Phi) is 4.55. The van der Waals surface area contributed by atoms with Crippen molar-refractivity contribution < 1.29 is 0 Å². The van der Waals surface area contributed by atoms with Crippen LogP contribution in [0.1, 0.15) is 24.8 Å². The van der Waals surface area contributed by atoms with Gasteiger partial charge in [0.25, 0.3) is 0 Å². The van der Waals surface area contributed by atoms with E-state index in [1.54, 1.807) is 0 Å². The molecule has 18 heavy (non-hydrogen) atoms. The van der Waals surface area contributed by atoms with Crippen LogP contribution in [-0.2, 0) is 0 Å². The number of rotatable bonds is 2. The summed E-state index contributed by atoms with van der Waals surface area (Å²) in [5.41, 5.74) is 2.61. The highest BCUT2D eigenvalue weighted by atomic mass is 35.5. The first-order valence-corrected chi connectivity index (χ1v) is 6.40. The standard InChI is InChI=1S/C13H18N4.ClH/c1-2-4-11(3-1)12-9-15-13(16-10-12)17-7-5-14-6-8-17;/h3,9-10,14H,1-2,4-8H2;1H. The lowest BCUT2D eigenvalue weighted by atomic mass is 10.1. The van der Waals surface area contributed by atoms with Crippen molar-refractivity contribution in [3.63, 3.8) is 0 Å². The maximum Gasteiger partial charge on any atom is 0.225 e. The Balaban J connectivity index is 0.00000120. The van der Waals surface area contributed by atoms with E-state index >= 15 is 0 Å². The molecule has 98 valence electrons. The van der Waals surface area contributed by atoms with Crippen molar-refractivity contribution >= 4 is 23.9 Å². The summed E-state index contributed by atoms with van der Waals surface area (Å²) in [6.45, 7) is 4.05. The Labute approximate surface area is 114 Å². The van der Waals surface area contributed by atoms with E-state index in [1.165, 1.54) is 30.4 Å². The molecular formula is C13H19ClN4. The lowest BCUT2D eigenvalue weighted by Crippen LogP contribution is -2.44. The van der Waals surface area contributed by atoms with Crippen molar-refractivity contribution in [1.82, 2.24) is 15.3 Å². The van der Waals surface area contributed by atoms with E-state index in [1.807, 2.05) is 12.4 Å². The number of nitrogens with one attached hydrogen (secondary N) is 1. The first kappa shape index (κ1) is 13.3. The number of hydrogen-bond acceptors (Lipinski definition) is 4. The Bertz CT molecular complexity index is 410. The van der Waals surface area contributed by atoms with Crippen molar-refractivity contribution in [3.8, 4) is 0 Å². The summed E-state index contributed by atoms with van der Waals surface area (Å²) in [5.74, 6) is 0.869. The van der Waals surface area contributed by atoms with Gasteiger partial charge < -0.3 is 10.2 Å². The first-order chi connectivity index (χ1) is 8.43. The zero-order valence-corrected chi connectivity index (χ0v) is 11.2. The fourth-order valence-electron chi connectivity index (χ4n) is 2.45. The molecule has 1 aromatic heterocycles. The highest BCUT2D eigenvalue weighted by Gasteiger charge is 2.13. The van der Waals surface area contributed by atoms with Crippen molar-refractivity contribution in [2.45, 2.75) is 19.3 Å². The first-order valence-electron chi connectivity index (χ1n) is 6.40. The Hall–Kier alpha value is -1.13. The third kappa shape index (κ3) is 2.82. The van der Waals surface area contributed by atoms with Gasteiger partial charge in [-0.1, -0.05) is 6.08 Å². The van der Waals surface area contributed by atoms with E-state index in [0.717, 1.165) is 32.1 Å². The number of halogens is 1. The Morgan fingerprint density at radius 3 is 2.44 bits per heavy atom. The van der Waals surface area contributed by atoms with Gasteiger partial charge in [0.15, 0.2) is 0 Å². The molecule has 1 saturated heterocycles. The zero-order chi connectivity index (χ0) is 11.5. The highest BCUT2D eigenvalue weighted by Crippen LogP contribution is 2.26. The van der Waals surface area contributed by atoms with Gasteiger partial charge in [-0.15, -0.1) is 12.4 Å². The number of allylic oxidation sites excluding steroid dienone is 2. The number of hydrogen-bond donors (Lipinski definition) is 1. The van der Waals surface area contributed by atoms with Crippen LogP contribution in [0, 0.1) is 0 Å². The molecule has 4 nitrogen and oxygen atoms in total. The minimum Gasteiger partial charge on any atom is -0.338 e. The average molecular weight is 267 g/mol. The van der Waals surface area contributed by atoms with Gasteiger partial charge in [0.1, 0.15) is 0 Å². The van der Waals surface area contributed by atoms with E-state index in [4.69, 9.17) is 0 Å². The molecule has 0 bridgehead atoms. The molecule has 2 aliphatic rings. The summed E-state index contributed by atoms with van der Waals surface area (Å²) >= 11 is 0. The van der Waals surface area contributed by atoms with Gasteiger partial charge in [-0.3, -0.25) is 0 Å². The van der Waals surface area contributed by atoms with Crippen LogP contribution < -0.4 is 10.2 Å². The van der Waals surface area contributed by atoms with Gasteiger partial charge in [-0.25, -0.2) is 9.97 Å². The molecule has 0 saturated carbocycles. The SMILES string of the molecule is C1=C(c2cnc(N3CCNCC3)nc2)CCC1.Cl. The van der Waals surface area contributed by atoms with Crippen molar-refractivity contribution in [3.05, 3.63) is 24.0 Å². The molecule has 5 heteroatoms. The van der Waals surface area contributed by atoms with Gasteiger partial charge in [-0.05, 0) is 24.8 Å². The van der Waals surface area contributed by atoms with Crippen molar-refractivity contribution in [2.75, 3.05) is 31.1 Å². The second-order valence-electron chi connectivity index (χ2n) is 4.63. The van der Waals surface area contributed by atoms with E-state index in [9.17, 15) is 0 Å². The molecule has 0 aromatic carbocycles. The normalized spacial score (nSPS) is 19.3. The van der Waals surface area contributed by atoms with Crippen molar-refractivity contribution in [2.24, 2.45) is 0 Å². The molecule has 0 atom stereocenters. The van der Waals surface area contributed by atoms with E-state index < -0.39 is 0 Å². The van der Waals surface area contributed by atoms with Gasteiger partial charge >= 0.3 is 0 Å². The van der Waals surface area contributed by atoms with Crippen LogP contribution in [-0.4, -0.2) is 36.1 Å². The molecule has 1 fully saturated rings. The quantitative estimate of drug-likeness (QED) is 0.887. The number of aromatic nitrogens is 2. The van der Waals surface area contributed by atoms with Crippen LogP contribution >= 0.6 is 12.4 Å². The van der Waals surface area contributed by atoms with Gasteiger partial charge in [0.2, 0.25) is 5.95 Å². The molecule has 0 unspecified atom stereocenters. The smallest absolute Gasteiger partial charge is 0.225 e. The number of anilines is 1. The fraction of sp³-hybridized carbons (Fsp3) is 0.538. The van der Waals surface area contributed by atoms with Crippen LogP contribution in [0.25, 0.3) is 5.57 Å².